The maximum Gasteiger partial charge on any atom is 0.207 e. The fraction of sp³-hybridized carbons (Fsp3) is 0.500. The van der Waals surface area contributed by atoms with E-state index in [9.17, 15) is 4.79 Å². The summed E-state index contributed by atoms with van der Waals surface area (Å²) in [4.78, 5) is 9.73. The molecule has 46 valence electrons. The first-order valence-electron chi connectivity index (χ1n) is 2.62. The molecule has 2 heteroatoms. The van der Waals surface area contributed by atoms with Crippen molar-refractivity contribution in [2.75, 3.05) is 0 Å². The van der Waals surface area contributed by atoms with Gasteiger partial charge in [0.1, 0.15) is 0 Å². The summed E-state index contributed by atoms with van der Waals surface area (Å²) >= 11 is 0. The van der Waals surface area contributed by atoms with Gasteiger partial charge in [-0.05, 0) is 19.8 Å². The molecule has 2 nitrogen and oxygen atoms in total. The third-order valence-electron chi connectivity index (χ3n) is 0.824. The van der Waals surface area contributed by atoms with E-state index in [1.54, 1.807) is 0 Å². The molecule has 1 N–H and O–H groups in total. The Morgan fingerprint density at radius 3 is 2.88 bits per heavy atom. The highest BCUT2D eigenvalue weighted by atomic mass is 16.1. The summed E-state index contributed by atoms with van der Waals surface area (Å²) in [6, 6.07) is 0.0394. The lowest BCUT2D eigenvalue weighted by atomic mass is 10.2. The van der Waals surface area contributed by atoms with Crippen LogP contribution in [0.5, 0.6) is 0 Å². The summed E-state index contributed by atoms with van der Waals surface area (Å²) in [5, 5.41) is 2.52. The first-order chi connectivity index (χ1) is 3.81. The number of amides is 1. The molecule has 1 amide bonds. The van der Waals surface area contributed by atoms with Gasteiger partial charge in [-0.25, -0.2) is 0 Å². The predicted octanol–water partition coefficient (Wildman–Crippen LogP) is 0.549. The Labute approximate surface area is 50.3 Å². The molecule has 0 spiro atoms. The van der Waals surface area contributed by atoms with Crippen LogP contribution in [-0.4, -0.2) is 12.5 Å². The fourth-order valence-electron chi connectivity index (χ4n) is 0.449. The van der Waals surface area contributed by atoms with Gasteiger partial charge in [-0.15, -0.1) is 0 Å². The van der Waals surface area contributed by atoms with E-state index in [0.29, 0.717) is 6.41 Å². The minimum absolute atomic E-state index is 0.0394. The first-order valence-corrected chi connectivity index (χ1v) is 2.62. The van der Waals surface area contributed by atoms with Crippen molar-refractivity contribution < 1.29 is 4.79 Å². The van der Waals surface area contributed by atoms with Crippen molar-refractivity contribution in [3.05, 3.63) is 13.3 Å². The summed E-state index contributed by atoms with van der Waals surface area (Å²) in [6.45, 7) is 5.58. The van der Waals surface area contributed by atoms with Crippen molar-refractivity contribution >= 4 is 6.41 Å². The van der Waals surface area contributed by atoms with E-state index in [-0.39, 0.29) is 6.04 Å². The molecule has 0 aliphatic rings. The number of carbonyl (C=O) groups excluding carboxylic acids is 1. The van der Waals surface area contributed by atoms with Crippen LogP contribution in [-0.2, 0) is 4.79 Å². The van der Waals surface area contributed by atoms with E-state index in [2.05, 4.69) is 12.2 Å². The van der Waals surface area contributed by atoms with E-state index < -0.39 is 0 Å². The van der Waals surface area contributed by atoms with Crippen molar-refractivity contribution in [3.8, 4) is 0 Å². The van der Waals surface area contributed by atoms with Crippen molar-refractivity contribution in [1.29, 1.82) is 0 Å². The number of rotatable bonds is 4. The summed E-state index contributed by atoms with van der Waals surface area (Å²) in [6.07, 6.45) is 3.47. The molecule has 0 saturated carbocycles. The van der Waals surface area contributed by atoms with Crippen molar-refractivity contribution in [2.45, 2.75) is 19.4 Å². The Balaban J connectivity index is 3.03. The molecule has 8 heavy (non-hydrogen) atoms. The van der Waals surface area contributed by atoms with Crippen LogP contribution < -0.4 is 5.32 Å². The van der Waals surface area contributed by atoms with Crippen molar-refractivity contribution in [3.63, 3.8) is 0 Å². The average molecular weight is 113 g/mol. The zero-order chi connectivity index (χ0) is 6.41. The second-order valence-corrected chi connectivity index (χ2v) is 1.63. The van der Waals surface area contributed by atoms with E-state index in [1.165, 1.54) is 0 Å². The van der Waals surface area contributed by atoms with Crippen LogP contribution in [0.4, 0.5) is 0 Å². The lowest BCUT2D eigenvalue weighted by Gasteiger charge is -2.05. The molecule has 1 unspecified atom stereocenters. The largest absolute Gasteiger partial charge is 0.356 e. The molecule has 0 bridgehead atoms. The van der Waals surface area contributed by atoms with Crippen LogP contribution in [0.3, 0.4) is 0 Å². The molecule has 2 radical (unpaired) electrons. The molecule has 0 saturated heterocycles. The van der Waals surface area contributed by atoms with E-state index in [0.717, 1.165) is 6.42 Å². The average Bonchev–Trinajstić information content (AvgIpc) is 1.68. The lowest BCUT2D eigenvalue weighted by molar-refractivity contribution is -0.109. The minimum Gasteiger partial charge on any atom is -0.356 e. The summed E-state index contributed by atoms with van der Waals surface area (Å²) in [7, 11) is 0. The van der Waals surface area contributed by atoms with Gasteiger partial charge in [0.15, 0.2) is 0 Å². The Morgan fingerprint density at radius 1 is 1.88 bits per heavy atom. The monoisotopic (exact) mass is 113 g/mol. The summed E-state index contributed by atoms with van der Waals surface area (Å²) in [5.74, 6) is 0. The predicted molar refractivity (Wildman–Crippen MR) is 32.9 cm³/mol. The quantitative estimate of drug-likeness (QED) is 0.530. The maximum atomic E-state index is 9.73. The normalized spacial score (nSPS) is 12.8. The van der Waals surface area contributed by atoms with Gasteiger partial charge >= 0.3 is 0 Å². The molecular formula is C6H11NO. The number of hydrogen-bond acceptors (Lipinski definition) is 1. The van der Waals surface area contributed by atoms with Gasteiger partial charge in [0.05, 0.1) is 0 Å². The molecule has 0 fully saturated rings. The van der Waals surface area contributed by atoms with Crippen LogP contribution in [0, 0.1) is 13.3 Å². The Hall–Kier alpha value is -0.530. The molecule has 0 rings (SSSR count). The van der Waals surface area contributed by atoms with Crippen LogP contribution in [0.15, 0.2) is 0 Å². The van der Waals surface area contributed by atoms with Crippen LogP contribution in [0.1, 0.15) is 13.3 Å². The van der Waals surface area contributed by atoms with Crippen molar-refractivity contribution in [1.82, 2.24) is 5.32 Å². The smallest absolute Gasteiger partial charge is 0.207 e. The first kappa shape index (κ1) is 7.47. The zero-order valence-electron chi connectivity index (χ0n) is 5.05. The van der Waals surface area contributed by atoms with Gasteiger partial charge < -0.3 is 5.32 Å². The van der Waals surface area contributed by atoms with Gasteiger partial charge in [0, 0.05) is 6.04 Å². The second kappa shape index (κ2) is 4.62. The third kappa shape index (κ3) is 3.65. The Bertz CT molecular complexity index is 63.5. The minimum atomic E-state index is 0.0394. The van der Waals surface area contributed by atoms with Gasteiger partial charge in [0.25, 0.3) is 0 Å². The van der Waals surface area contributed by atoms with Crippen LogP contribution >= 0.6 is 0 Å². The van der Waals surface area contributed by atoms with Crippen LogP contribution in [0.2, 0.25) is 0 Å². The summed E-state index contributed by atoms with van der Waals surface area (Å²) in [5.41, 5.74) is 0. The highest BCUT2D eigenvalue weighted by Crippen LogP contribution is 1.89. The van der Waals surface area contributed by atoms with E-state index in [1.807, 2.05) is 13.3 Å². The van der Waals surface area contributed by atoms with Gasteiger partial charge in [-0.1, -0.05) is 6.92 Å². The fourth-order valence-corrected chi connectivity index (χ4v) is 0.449. The molecule has 0 heterocycles. The Kier molecular flexibility index (Phi) is 4.32. The SMILES string of the molecule is [CH2]C(C[CH]C)NC=O. The molecule has 0 aromatic rings. The molecule has 0 aliphatic carbocycles. The van der Waals surface area contributed by atoms with Gasteiger partial charge in [-0.3, -0.25) is 4.79 Å². The maximum absolute atomic E-state index is 9.73. The second-order valence-electron chi connectivity index (χ2n) is 1.63. The number of nitrogens with one attached hydrogen (secondary N) is 1. The highest BCUT2D eigenvalue weighted by molar-refractivity contribution is 5.46. The molecular weight excluding hydrogens is 102 g/mol. The molecule has 0 aromatic heterocycles. The lowest BCUT2D eigenvalue weighted by Crippen LogP contribution is -2.23. The number of carbonyl (C=O) groups is 1. The molecule has 0 aromatic carbocycles. The zero-order valence-corrected chi connectivity index (χ0v) is 5.05. The Morgan fingerprint density at radius 2 is 2.50 bits per heavy atom. The summed E-state index contributed by atoms with van der Waals surface area (Å²) < 4.78 is 0. The molecule has 0 aliphatic heterocycles. The van der Waals surface area contributed by atoms with E-state index >= 15 is 0 Å². The van der Waals surface area contributed by atoms with Crippen molar-refractivity contribution in [2.24, 2.45) is 0 Å². The van der Waals surface area contributed by atoms with E-state index in [4.69, 9.17) is 0 Å². The standard InChI is InChI=1S/C6H11NO/c1-3-4-6(2)7-5-8/h3,5-6H,2,4H2,1H3,(H,7,8). The van der Waals surface area contributed by atoms with Crippen LogP contribution in [0.25, 0.3) is 0 Å². The van der Waals surface area contributed by atoms with Gasteiger partial charge in [0.2, 0.25) is 6.41 Å². The third-order valence-corrected chi connectivity index (χ3v) is 0.824. The molecule has 1 atom stereocenters. The topological polar surface area (TPSA) is 29.1 Å². The number of hydrogen-bond donors (Lipinski definition) is 1. The highest BCUT2D eigenvalue weighted by Gasteiger charge is 1.94. The van der Waals surface area contributed by atoms with Gasteiger partial charge in [-0.2, -0.15) is 0 Å².